The van der Waals surface area contributed by atoms with E-state index in [-0.39, 0.29) is 18.7 Å². The molecule has 2 aliphatic heterocycles. The normalized spacial score (nSPS) is 21.4. The van der Waals surface area contributed by atoms with E-state index in [1.165, 1.54) is 29.2 Å². The highest BCUT2D eigenvalue weighted by atomic mass is 19.4. The van der Waals surface area contributed by atoms with Crippen LogP contribution in [0.15, 0.2) is 42.5 Å². The molecule has 0 aromatic heterocycles. The summed E-state index contributed by atoms with van der Waals surface area (Å²) in [5.41, 5.74) is 1.33. The van der Waals surface area contributed by atoms with Gasteiger partial charge in [0.05, 0.1) is 6.04 Å². The first kappa shape index (κ1) is 19.4. The largest absolute Gasteiger partial charge is 0.573 e. The fraction of sp³-hybridized carbons (Fsp3) is 0.350. The summed E-state index contributed by atoms with van der Waals surface area (Å²) in [5.74, 6) is 0.342. The zero-order chi connectivity index (χ0) is 20.6. The number of alkyl halides is 3. The molecule has 6 nitrogen and oxygen atoms in total. The molecule has 2 unspecified atom stereocenters. The quantitative estimate of drug-likeness (QED) is 0.840. The summed E-state index contributed by atoms with van der Waals surface area (Å²) in [7, 11) is 0. The third kappa shape index (κ3) is 4.09. The van der Waals surface area contributed by atoms with Crippen molar-refractivity contribution in [3.63, 3.8) is 0 Å². The zero-order valence-electron chi connectivity index (χ0n) is 15.2. The van der Waals surface area contributed by atoms with Crippen LogP contribution in [0.4, 0.5) is 13.2 Å². The Morgan fingerprint density at radius 1 is 1.10 bits per heavy atom. The van der Waals surface area contributed by atoms with Crippen LogP contribution >= 0.6 is 0 Å². The van der Waals surface area contributed by atoms with E-state index in [1.807, 2.05) is 6.07 Å². The molecule has 1 saturated heterocycles. The van der Waals surface area contributed by atoms with E-state index in [2.05, 4.69) is 4.74 Å². The van der Waals surface area contributed by atoms with Crippen molar-refractivity contribution in [2.24, 2.45) is 0 Å². The van der Waals surface area contributed by atoms with Crippen LogP contribution in [0.1, 0.15) is 23.6 Å². The summed E-state index contributed by atoms with van der Waals surface area (Å²) in [6, 6.07) is 10.2. The molecule has 2 atom stereocenters. The fourth-order valence-corrected chi connectivity index (χ4v) is 3.62. The minimum atomic E-state index is -4.77. The molecule has 2 aromatic carbocycles. The first-order valence-corrected chi connectivity index (χ1v) is 9.03. The van der Waals surface area contributed by atoms with Crippen LogP contribution < -0.4 is 14.2 Å². The van der Waals surface area contributed by atoms with Crippen LogP contribution in [-0.4, -0.2) is 41.6 Å². The average molecular weight is 409 g/mol. The van der Waals surface area contributed by atoms with Gasteiger partial charge in [-0.3, -0.25) is 4.79 Å². The highest BCUT2D eigenvalue weighted by molar-refractivity contribution is 5.84. The zero-order valence-corrected chi connectivity index (χ0v) is 15.2. The third-order valence-electron chi connectivity index (χ3n) is 4.86. The lowest BCUT2D eigenvalue weighted by Crippen LogP contribution is -2.31. The number of carbonyl (C=O) groups excluding carboxylic acids is 1. The molecule has 1 N–H and O–H groups in total. The second-order valence-corrected chi connectivity index (χ2v) is 6.80. The van der Waals surface area contributed by atoms with Crippen LogP contribution in [0.3, 0.4) is 0 Å². The van der Waals surface area contributed by atoms with Crippen LogP contribution in [-0.2, 0) is 11.3 Å². The Labute approximate surface area is 164 Å². The summed E-state index contributed by atoms with van der Waals surface area (Å²) >= 11 is 0. The summed E-state index contributed by atoms with van der Waals surface area (Å²) in [5, 5.41) is 10.1. The number of carbonyl (C=O) groups is 1. The molecule has 9 heteroatoms. The van der Waals surface area contributed by atoms with E-state index < -0.39 is 24.4 Å². The molecule has 2 aliphatic rings. The topological polar surface area (TPSA) is 68.2 Å². The van der Waals surface area contributed by atoms with Gasteiger partial charge < -0.3 is 24.2 Å². The number of fused-ring (bicyclic) bond motifs is 1. The van der Waals surface area contributed by atoms with Crippen molar-refractivity contribution in [2.45, 2.75) is 31.5 Å². The van der Waals surface area contributed by atoms with Gasteiger partial charge in [0.1, 0.15) is 25.1 Å². The molecule has 1 amide bonds. The van der Waals surface area contributed by atoms with Crippen LogP contribution in [0.25, 0.3) is 0 Å². The van der Waals surface area contributed by atoms with Crippen LogP contribution in [0.2, 0.25) is 0 Å². The number of nitrogens with zero attached hydrogens (tertiary/aromatic N) is 1. The number of aliphatic hydroxyl groups excluding tert-OH is 1. The van der Waals surface area contributed by atoms with Crippen molar-refractivity contribution in [2.75, 3.05) is 13.2 Å². The van der Waals surface area contributed by atoms with Crippen molar-refractivity contribution in [3.05, 3.63) is 53.6 Å². The Hall–Kier alpha value is -2.94. The molecular weight excluding hydrogens is 391 g/mol. The van der Waals surface area contributed by atoms with Crippen molar-refractivity contribution in [1.29, 1.82) is 0 Å². The van der Waals surface area contributed by atoms with Gasteiger partial charge in [0.25, 0.3) is 5.91 Å². The molecule has 0 aliphatic carbocycles. The Morgan fingerprint density at radius 2 is 1.83 bits per heavy atom. The molecule has 2 aromatic rings. The predicted molar refractivity (Wildman–Crippen MR) is 94.5 cm³/mol. The standard InChI is InChI=1S/C20H18F3NO5/c21-20(22,23)29-13-6-4-12(5-7-13)11-24-15(10-16(25)19(24)26)14-2-1-3-17-18(14)28-9-8-27-17/h1-7,15-16,25H,8-11H2. The van der Waals surface area contributed by atoms with Gasteiger partial charge in [-0.15, -0.1) is 13.2 Å². The number of amides is 1. The SMILES string of the molecule is O=C1C(O)CC(c2cccc3c2OCCO3)N1Cc1ccc(OC(F)(F)F)cc1. The first-order chi connectivity index (χ1) is 13.8. The van der Waals surface area contributed by atoms with Crippen LogP contribution in [0.5, 0.6) is 17.2 Å². The third-order valence-corrected chi connectivity index (χ3v) is 4.86. The van der Waals surface area contributed by atoms with Gasteiger partial charge in [-0.25, -0.2) is 0 Å². The Kier molecular flexibility index (Phi) is 4.99. The smallest absolute Gasteiger partial charge is 0.486 e. The second kappa shape index (κ2) is 7.47. The summed E-state index contributed by atoms with van der Waals surface area (Å²) in [4.78, 5) is 14.0. The minimum absolute atomic E-state index is 0.122. The molecule has 29 heavy (non-hydrogen) atoms. The number of rotatable bonds is 4. The Balaban J connectivity index is 1.58. The van der Waals surface area contributed by atoms with E-state index in [4.69, 9.17) is 9.47 Å². The van der Waals surface area contributed by atoms with Crippen molar-refractivity contribution in [1.82, 2.24) is 4.90 Å². The first-order valence-electron chi connectivity index (χ1n) is 9.03. The number of aliphatic hydroxyl groups is 1. The predicted octanol–water partition coefficient (Wildman–Crippen LogP) is 3.19. The number of ether oxygens (including phenoxy) is 3. The summed E-state index contributed by atoms with van der Waals surface area (Å²) < 4.78 is 52.1. The summed E-state index contributed by atoms with van der Waals surface area (Å²) in [6.45, 7) is 0.935. The highest BCUT2D eigenvalue weighted by Gasteiger charge is 2.41. The van der Waals surface area contributed by atoms with Crippen molar-refractivity contribution in [3.8, 4) is 17.2 Å². The maximum atomic E-state index is 12.5. The molecule has 0 saturated carbocycles. The van der Waals surface area contributed by atoms with Gasteiger partial charge in [-0.05, 0) is 23.8 Å². The van der Waals surface area contributed by atoms with Gasteiger partial charge in [0.15, 0.2) is 11.5 Å². The molecule has 154 valence electrons. The van der Waals surface area contributed by atoms with Crippen LogP contribution in [0, 0.1) is 0 Å². The highest BCUT2D eigenvalue weighted by Crippen LogP contribution is 2.43. The number of hydrogen-bond donors (Lipinski definition) is 1. The number of halogens is 3. The molecule has 2 heterocycles. The van der Waals surface area contributed by atoms with Gasteiger partial charge in [-0.2, -0.15) is 0 Å². The number of likely N-dealkylation sites (tertiary alicyclic amines) is 1. The fourth-order valence-electron chi connectivity index (χ4n) is 3.62. The van der Waals surface area contributed by atoms with Crippen molar-refractivity contribution < 1.29 is 37.3 Å². The summed E-state index contributed by atoms with van der Waals surface area (Å²) in [6.07, 6.45) is -5.74. The maximum absolute atomic E-state index is 12.5. The van der Waals surface area contributed by atoms with Gasteiger partial charge in [-0.1, -0.05) is 24.3 Å². The number of para-hydroxylation sites is 1. The Morgan fingerprint density at radius 3 is 2.55 bits per heavy atom. The number of benzene rings is 2. The molecule has 0 spiro atoms. The van der Waals surface area contributed by atoms with E-state index in [0.717, 1.165) is 5.56 Å². The molecular formula is C20H18F3NO5. The lowest BCUT2D eigenvalue weighted by Gasteiger charge is -2.29. The van der Waals surface area contributed by atoms with Gasteiger partial charge >= 0.3 is 6.36 Å². The Bertz CT molecular complexity index is 900. The molecule has 4 rings (SSSR count). The average Bonchev–Trinajstić information content (AvgIpc) is 2.96. The van der Waals surface area contributed by atoms with Gasteiger partial charge in [0.2, 0.25) is 0 Å². The van der Waals surface area contributed by atoms with E-state index in [1.54, 1.807) is 12.1 Å². The molecule has 1 fully saturated rings. The lowest BCUT2D eigenvalue weighted by molar-refractivity contribution is -0.274. The van der Waals surface area contributed by atoms with E-state index >= 15 is 0 Å². The lowest BCUT2D eigenvalue weighted by atomic mass is 10.0. The van der Waals surface area contributed by atoms with E-state index in [9.17, 15) is 23.1 Å². The monoisotopic (exact) mass is 409 g/mol. The second-order valence-electron chi connectivity index (χ2n) is 6.80. The number of hydrogen-bond acceptors (Lipinski definition) is 5. The molecule has 0 radical (unpaired) electrons. The van der Waals surface area contributed by atoms with E-state index in [0.29, 0.717) is 30.3 Å². The maximum Gasteiger partial charge on any atom is 0.573 e. The minimum Gasteiger partial charge on any atom is -0.486 e. The van der Waals surface area contributed by atoms with Gasteiger partial charge in [0, 0.05) is 18.5 Å². The molecule has 0 bridgehead atoms. The van der Waals surface area contributed by atoms with Crippen molar-refractivity contribution >= 4 is 5.91 Å².